The van der Waals surface area contributed by atoms with Crippen LogP contribution in [0.1, 0.15) is 18.5 Å². The van der Waals surface area contributed by atoms with Crippen LogP contribution in [-0.2, 0) is 0 Å². The average molecular weight is 296 g/mol. The van der Waals surface area contributed by atoms with E-state index in [0.29, 0.717) is 10.0 Å². The van der Waals surface area contributed by atoms with E-state index in [2.05, 4.69) is 12.2 Å². The number of methoxy groups -OCH3 is 1. The van der Waals surface area contributed by atoms with Gasteiger partial charge in [-0.15, -0.1) is 0 Å². The molecule has 2 rings (SSSR count). The van der Waals surface area contributed by atoms with E-state index in [1.165, 1.54) is 0 Å². The van der Waals surface area contributed by atoms with E-state index in [1.807, 2.05) is 36.4 Å². The summed E-state index contributed by atoms with van der Waals surface area (Å²) < 4.78 is 5.14. The van der Waals surface area contributed by atoms with E-state index >= 15 is 0 Å². The van der Waals surface area contributed by atoms with Gasteiger partial charge in [0, 0.05) is 6.04 Å². The standard InChI is InChI=1S/C15H15Cl2NO/c1-10(11-6-8-12(19-2)9-7-11)18-14-5-3-4-13(16)15(14)17/h3-10,18H,1-2H3. The summed E-state index contributed by atoms with van der Waals surface area (Å²) in [7, 11) is 1.66. The average Bonchev–Trinajstić information content (AvgIpc) is 2.44. The van der Waals surface area contributed by atoms with Crippen LogP contribution in [0.3, 0.4) is 0 Å². The lowest BCUT2D eigenvalue weighted by atomic mass is 10.1. The number of hydrogen-bond donors (Lipinski definition) is 1. The molecule has 0 saturated carbocycles. The third-order valence-corrected chi connectivity index (χ3v) is 3.76. The highest BCUT2D eigenvalue weighted by atomic mass is 35.5. The van der Waals surface area contributed by atoms with Crippen molar-refractivity contribution in [3.8, 4) is 5.75 Å². The molecular formula is C15H15Cl2NO. The molecule has 0 bridgehead atoms. The summed E-state index contributed by atoms with van der Waals surface area (Å²) in [5.74, 6) is 0.844. The topological polar surface area (TPSA) is 21.3 Å². The van der Waals surface area contributed by atoms with Gasteiger partial charge in [0.15, 0.2) is 0 Å². The fraction of sp³-hybridized carbons (Fsp3) is 0.200. The van der Waals surface area contributed by atoms with Crippen LogP contribution in [-0.4, -0.2) is 7.11 Å². The number of nitrogens with one attached hydrogen (secondary N) is 1. The van der Waals surface area contributed by atoms with Crippen LogP contribution in [0.4, 0.5) is 5.69 Å². The highest BCUT2D eigenvalue weighted by Crippen LogP contribution is 2.32. The molecule has 2 nitrogen and oxygen atoms in total. The normalized spacial score (nSPS) is 12.0. The largest absolute Gasteiger partial charge is 0.497 e. The summed E-state index contributed by atoms with van der Waals surface area (Å²) in [6.45, 7) is 2.07. The zero-order valence-electron chi connectivity index (χ0n) is 10.8. The van der Waals surface area contributed by atoms with Gasteiger partial charge in [-0.25, -0.2) is 0 Å². The number of hydrogen-bond acceptors (Lipinski definition) is 2. The zero-order chi connectivity index (χ0) is 13.8. The number of rotatable bonds is 4. The zero-order valence-corrected chi connectivity index (χ0v) is 12.3. The molecule has 1 atom stereocenters. The summed E-state index contributed by atoms with van der Waals surface area (Å²) in [5.41, 5.74) is 1.98. The van der Waals surface area contributed by atoms with E-state index in [4.69, 9.17) is 27.9 Å². The Kier molecular flexibility index (Phi) is 4.56. The SMILES string of the molecule is COc1ccc(C(C)Nc2cccc(Cl)c2Cl)cc1. The van der Waals surface area contributed by atoms with Crippen LogP contribution in [0.2, 0.25) is 10.0 Å². The van der Waals surface area contributed by atoms with Gasteiger partial charge in [0.05, 0.1) is 22.8 Å². The maximum absolute atomic E-state index is 6.16. The molecule has 0 radical (unpaired) electrons. The third kappa shape index (κ3) is 3.34. The molecule has 0 spiro atoms. The molecule has 0 aromatic heterocycles. The molecule has 0 saturated heterocycles. The van der Waals surface area contributed by atoms with Gasteiger partial charge in [-0.3, -0.25) is 0 Å². The van der Waals surface area contributed by atoms with E-state index < -0.39 is 0 Å². The minimum atomic E-state index is 0.127. The Hall–Kier alpha value is -1.38. The van der Waals surface area contributed by atoms with E-state index in [1.54, 1.807) is 13.2 Å². The van der Waals surface area contributed by atoms with E-state index in [-0.39, 0.29) is 6.04 Å². The van der Waals surface area contributed by atoms with Crippen molar-refractivity contribution in [3.05, 3.63) is 58.1 Å². The van der Waals surface area contributed by atoms with Crippen LogP contribution >= 0.6 is 23.2 Å². The quantitative estimate of drug-likeness (QED) is 0.839. The first-order valence-corrected chi connectivity index (χ1v) is 6.72. The molecule has 2 aromatic rings. The number of halogens is 2. The van der Waals surface area contributed by atoms with Crippen LogP contribution in [0.5, 0.6) is 5.75 Å². The smallest absolute Gasteiger partial charge is 0.118 e. The highest BCUT2D eigenvalue weighted by molar-refractivity contribution is 6.43. The Labute approximate surface area is 123 Å². The van der Waals surface area contributed by atoms with Crippen molar-refractivity contribution < 1.29 is 4.74 Å². The van der Waals surface area contributed by atoms with Crippen LogP contribution in [0.15, 0.2) is 42.5 Å². The third-order valence-electron chi connectivity index (χ3n) is 2.94. The lowest BCUT2D eigenvalue weighted by molar-refractivity contribution is 0.414. The molecule has 1 N–H and O–H groups in total. The van der Waals surface area contributed by atoms with E-state index in [9.17, 15) is 0 Å². The molecule has 0 aliphatic heterocycles. The maximum atomic E-state index is 6.16. The van der Waals surface area contributed by atoms with Gasteiger partial charge in [0.25, 0.3) is 0 Å². The number of benzene rings is 2. The molecule has 0 aliphatic carbocycles. The second-order valence-corrected chi connectivity index (χ2v) is 5.03. The monoisotopic (exact) mass is 295 g/mol. The number of ether oxygens (including phenoxy) is 1. The van der Waals surface area contributed by atoms with Crippen molar-refractivity contribution in [2.75, 3.05) is 12.4 Å². The van der Waals surface area contributed by atoms with Gasteiger partial charge in [0.2, 0.25) is 0 Å². The molecule has 0 heterocycles. The van der Waals surface area contributed by atoms with Crippen molar-refractivity contribution in [1.82, 2.24) is 0 Å². The second-order valence-electron chi connectivity index (χ2n) is 4.24. The highest BCUT2D eigenvalue weighted by Gasteiger charge is 2.09. The van der Waals surface area contributed by atoms with Crippen molar-refractivity contribution in [1.29, 1.82) is 0 Å². The fourth-order valence-electron chi connectivity index (χ4n) is 1.82. The molecular weight excluding hydrogens is 281 g/mol. The van der Waals surface area contributed by atoms with Crippen molar-refractivity contribution in [2.45, 2.75) is 13.0 Å². The van der Waals surface area contributed by atoms with Gasteiger partial charge in [0.1, 0.15) is 5.75 Å². The fourth-order valence-corrected chi connectivity index (χ4v) is 2.18. The van der Waals surface area contributed by atoms with E-state index in [0.717, 1.165) is 17.0 Å². The molecule has 19 heavy (non-hydrogen) atoms. The summed E-state index contributed by atoms with van der Waals surface area (Å²) in [6.07, 6.45) is 0. The minimum Gasteiger partial charge on any atom is -0.497 e. The molecule has 0 amide bonds. The second kappa shape index (κ2) is 6.18. The summed E-state index contributed by atoms with van der Waals surface area (Å²) in [6, 6.07) is 13.6. The summed E-state index contributed by atoms with van der Waals surface area (Å²) in [5, 5.41) is 4.44. The van der Waals surface area contributed by atoms with Crippen molar-refractivity contribution in [2.24, 2.45) is 0 Å². The van der Waals surface area contributed by atoms with Gasteiger partial charge >= 0.3 is 0 Å². The Morgan fingerprint density at radius 3 is 2.37 bits per heavy atom. The molecule has 100 valence electrons. The predicted octanol–water partition coefficient (Wildman–Crippen LogP) is 5.18. The van der Waals surface area contributed by atoms with Gasteiger partial charge < -0.3 is 10.1 Å². The maximum Gasteiger partial charge on any atom is 0.118 e. The van der Waals surface area contributed by atoms with Gasteiger partial charge in [-0.05, 0) is 36.8 Å². The molecule has 1 unspecified atom stereocenters. The first-order chi connectivity index (χ1) is 9.11. The first kappa shape index (κ1) is 14.0. The summed E-state index contributed by atoms with van der Waals surface area (Å²) in [4.78, 5) is 0. The van der Waals surface area contributed by atoms with Crippen LogP contribution < -0.4 is 10.1 Å². The Bertz CT molecular complexity index is 555. The van der Waals surface area contributed by atoms with Gasteiger partial charge in [-0.1, -0.05) is 41.4 Å². The van der Waals surface area contributed by atoms with Crippen LogP contribution in [0.25, 0.3) is 0 Å². The molecule has 2 aromatic carbocycles. The van der Waals surface area contributed by atoms with Crippen molar-refractivity contribution >= 4 is 28.9 Å². The van der Waals surface area contributed by atoms with Gasteiger partial charge in [-0.2, -0.15) is 0 Å². The molecule has 0 fully saturated rings. The first-order valence-electron chi connectivity index (χ1n) is 5.96. The Balaban J connectivity index is 2.15. The summed E-state index contributed by atoms with van der Waals surface area (Å²) >= 11 is 12.2. The molecule has 0 aliphatic rings. The Morgan fingerprint density at radius 2 is 1.74 bits per heavy atom. The number of anilines is 1. The lowest BCUT2D eigenvalue weighted by Crippen LogP contribution is -2.06. The molecule has 4 heteroatoms. The minimum absolute atomic E-state index is 0.127. The predicted molar refractivity (Wildman–Crippen MR) is 81.5 cm³/mol. The van der Waals surface area contributed by atoms with Crippen LogP contribution in [0, 0.1) is 0 Å². The lowest BCUT2D eigenvalue weighted by Gasteiger charge is -2.17. The van der Waals surface area contributed by atoms with Crippen molar-refractivity contribution in [3.63, 3.8) is 0 Å². The Morgan fingerprint density at radius 1 is 1.05 bits per heavy atom.